The van der Waals surface area contributed by atoms with Gasteiger partial charge in [0.05, 0.1) is 25.9 Å². The first kappa shape index (κ1) is 16.9. The number of methoxy groups -OCH3 is 2. The molecule has 6 heteroatoms. The summed E-state index contributed by atoms with van der Waals surface area (Å²) in [6, 6.07) is 5.29. The molecule has 0 aromatic heterocycles. The van der Waals surface area contributed by atoms with Crippen LogP contribution in [0.25, 0.3) is 0 Å². The maximum absolute atomic E-state index is 12.0. The molecule has 0 saturated heterocycles. The molecule has 0 aliphatic rings. The SMILES string of the molecule is COCCOCCCNC(=O)c1cc(OC)ccc1Br. The Labute approximate surface area is 127 Å². The summed E-state index contributed by atoms with van der Waals surface area (Å²) in [5.74, 6) is 0.522. The number of halogens is 1. The van der Waals surface area contributed by atoms with Crippen molar-refractivity contribution in [1.29, 1.82) is 0 Å². The van der Waals surface area contributed by atoms with Crippen molar-refractivity contribution in [2.75, 3.05) is 40.6 Å². The van der Waals surface area contributed by atoms with E-state index in [0.717, 1.165) is 10.9 Å². The van der Waals surface area contributed by atoms with Crippen LogP contribution in [0.4, 0.5) is 0 Å². The molecule has 0 fully saturated rings. The average Bonchev–Trinajstić information content (AvgIpc) is 2.46. The van der Waals surface area contributed by atoms with E-state index in [4.69, 9.17) is 14.2 Å². The van der Waals surface area contributed by atoms with E-state index in [-0.39, 0.29) is 5.91 Å². The lowest BCUT2D eigenvalue weighted by atomic mass is 10.2. The molecule has 0 atom stereocenters. The standard InChI is InChI=1S/C14H20BrNO4/c1-18-8-9-20-7-3-6-16-14(17)12-10-11(19-2)4-5-13(12)15/h4-5,10H,3,6-9H2,1-2H3,(H,16,17). The first-order valence-corrected chi connectivity index (χ1v) is 7.16. The van der Waals surface area contributed by atoms with Crippen LogP contribution in [-0.4, -0.2) is 46.5 Å². The highest BCUT2D eigenvalue weighted by molar-refractivity contribution is 9.10. The quantitative estimate of drug-likeness (QED) is 0.697. The molecule has 20 heavy (non-hydrogen) atoms. The van der Waals surface area contributed by atoms with Crippen LogP contribution in [-0.2, 0) is 9.47 Å². The zero-order chi connectivity index (χ0) is 14.8. The van der Waals surface area contributed by atoms with Crippen molar-refractivity contribution in [3.8, 4) is 5.75 Å². The maximum atomic E-state index is 12.0. The Morgan fingerprint density at radius 2 is 2.05 bits per heavy atom. The van der Waals surface area contributed by atoms with Crippen molar-refractivity contribution in [1.82, 2.24) is 5.32 Å². The summed E-state index contributed by atoms with van der Waals surface area (Å²) in [5, 5.41) is 2.85. The van der Waals surface area contributed by atoms with E-state index in [1.807, 2.05) is 0 Å². The third-order valence-electron chi connectivity index (χ3n) is 2.60. The van der Waals surface area contributed by atoms with Crippen molar-refractivity contribution < 1.29 is 19.0 Å². The maximum Gasteiger partial charge on any atom is 0.252 e. The summed E-state index contributed by atoms with van der Waals surface area (Å²) < 4.78 is 16.0. The number of carbonyl (C=O) groups excluding carboxylic acids is 1. The molecular weight excluding hydrogens is 326 g/mol. The lowest BCUT2D eigenvalue weighted by Gasteiger charge is -2.09. The van der Waals surface area contributed by atoms with E-state index in [1.165, 1.54) is 0 Å². The molecule has 112 valence electrons. The van der Waals surface area contributed by atoms with Crippen LogP contribution in [0, 0.1) is 0 Å². The van der Waals surface area contributed by atoms with Gasteiger partial charge in [-0.1, -0.05) is 0 Å². The average molecular weight is 346 g/mol. The van der Waals surface area contributed by atoms with Crippen molar-refractivity contribution in [3.63, 3.8) is 0 Å². The number of carbonyl (C=O) groups is 1. The Hall–Kier alpha value is -1.11. The monoisotopic (exact) mass is 345 g/mol. The Kier molecular flexibility index (Phi) is 8.25. The second-order valence-electron chi connectivity index (χ2n) is 4.06. The Balaban J connectivity index is 2.32. The molecule has 0 unspecified atom stereocenters. The van der Waals surface area contributed by atoms with Gasteiger partial charge in [-0.15, -0.1) is 0 Å². The minimum atomic E-state index is -0.132. The first-order valence-electron chi connectivity index (χ1n) is 6.37. The van der Waals surface area contributed by atoms with Gasteiger partial charge in [0.1, 0.15) is 5.75 Å². The molecule has 1 rings (SSSR count). The summed E-state index contributed by atoms with van der Waals surface area (Å²) in [6.45, 7) is 2.33. The second kappa shape index (κ2) is 9.74. The largest absolute Gasteiger partial charge is 0.497 e. The molecule has 1 aromatic carbocycles. The van der Waals surface area contributed by atoms with E-state index in [0.29, 0.717) is 37.7 Å². The number of hydrogen-bond donors (Lipinski definition) is 1. The molecule has 0 aliphatic heterocycles. The summed E-state index contributed by atoms with van der Waals surface area (Å²) in [4.78, 5) is 12.0. The molecule has 1 aromatic rings. The van der Waals surface area contributed by atoms with Crippen LogP contribution in [0.5, 0.6) is 5.75 Å². The third kappa shape index (κ3) is 5.90. The van der Waals surface area contributed by atoms with Crippen LogP contribution in [0.3, 0.4) is 0 Å². The fraction of sp³-hybridized carbons (Fsp3) is 0.500. The van der Waals surface area contributed by atoms with E-state index >= 15 is 0 Å². The molecule has 1 amide bonds. The molecule has 0 heterocycles. The highest BCUT2D eigenvalue weighted by atomic mass is 79.9. The van der Waals surface area contributed by atoms with E-state index < -0.39 is 0 Å². The molecule has 0 aliphatic carbocycles. The molecular formula is C14H20BrNO4. The smallest absolute Gasteiger partial charge is 0.252 e. The van der Waals surface area contributed by atoms with E-state index in [9.17, 15) is 4.79 Å². The van der Waals surface area contributed by atoms with Gasteiger partial charge in [-0.3, -0.25) is 4.79 Å². The molecule has 5 nitrogen and oxygen atoms in total. The van der Waals surface area contributed by atoms with Crippen molar-refractivity contribution in [3.05, 3.63) is 28.2 Å². The number of amides is 1. The van der Waals surface area contributed by atoms with Gasteiger partial charge in [-0.25, -0.2) is 0 Å². The normalized spacial score (nSPS) is 10.3. The Morgan fingerprint density at radius 3 is 2.75 bits per heavy atom. The van der Waals surface area contributed by atoms with Crippen LogP contribution in [0.15, 0.2) is 22.7 Å². The minimum Gasteiger partial charge on any atom is -0.497 e. The topological polar surface area (TPSA) is 56.8 Å². The van der Waals surface area contributed by atoms with Gasteiger partial charge >= 0.3 is 0 Å². The molecule has 0 spiro atoms. The molecule has 0 saturated carbocycles. The summed E-state index contributed by atoms with van der Waals surface area (Å²) in [6.07, 6.45) is 0.761. The molecule has 0 radical (unpaired) electrons. The van der Waals surface area contributed by atoms with Crippen LogP contribution in [0.1, 0.15) is 16.8 Å². The zero-order valence-electron chi connectivity index (χ0n) is 11.8. The van der Waals surface area contributed by atoms with E-state index in [1.54, 1.807) is 32.4 Å². The third-order valence-corrected chi connectivity index (χ3v) is 3.29. The van der Waals surface area contributed by atoms with Crippen molar-refractivity contribution in [2.24, 2.45) is 0 Å². The van der Waals surface area contributed by atoms with Gasteiger partial charge in [-0.05, 0) is 40.5 Å². The number of ether oxygens (including phenoxy) is 3. The predicted octanol–water partition coefficient (Wildman–Crippen LogP) is 2.24. The number of nitrogens with one attached hydrogen (secondary N) is 1. The number of hydrogen-bond acceptors (Lipinski definition) is 4. The lowest BCUT2D eigenvalue weighted by Crippen LogP contribution is -2.25. The second-order valence-corrected chi connectivity index (χ2v) is 4.91. The van der Waals surface area contributed by atoms with Gasteiger partial charge in [0.25, 0.3) is 5.91 Å². The van der Waals surface area contributed by atoms with Gasteiger partial charge in [-0.2, -0.15) is 0 Å². The van der Waals surface area contributed by atoms with Crippen molar-refractivity contribution >= 4 is 21.8 Å². The molecule has 0 bridgehead atoms. The fourth-order valence-corrected chi connectivity index (χ4v) is 1.95. The van der Waals surface area contributed by atoms with Crippen LogP contribution < -0.4 is 10.1 Å². The van der Waals surface area contributed by atoms with Crippen molar-refractivity contribution in [2.45, 2.75) is 6.42 Å². The molecule has 1 N–H and O–H groups in total. The van der Waals surface area contributed by atoms with E-state index in [2.05, 4.69) is 21.2 Å². The van der Waals surface area contributed by atoms with Crippen LogP contribution in [0.2, 0.25) is 0 Å². The van der Waals surface area contributed by atoms with Gasteiger partial charge in [0, 0.05) is 24.7 Å². The number of rotatable bonds is 9. The van der Waals surface area contributed by atoms with Crippen LogP contribution >= 0.6 is 15.9 Å². The van der Waals surface area contributed by atoms with Gasteiger partial charge < -0.3 is 19.5 Å². The highest BCUT2D eigenvalue weighted by Crippen LogP contribution is 2.22. The van der Waals surface area contributed by atoms with Gasteiger partial charge in [0.15, 0.2) is 0 Å². The zero-order valence-corrected chi connectivity index (χ0v) is 13.4. The Morgan fingerprint density at radius 1 is 1.25 bits per heavy atom. The number of benzene rings is 1. The fourth-order valence-electron chi connectivity index (χ4n) is 1.52. The summed E-state index contributed by atoms with van der Waals surface area (Å²) in [5.41, 5.74) is 0.560. The Bertz CT molecular complexity index is 426. The lowest BCUT2D eigenvalue weighted by molar-refractivity contribution is 0.0688. The summed E-state index contributed by atoms with van der Waals surface area (Å²) in [7, 11) is 3.21. The predicted molar refractivity (Wildman–Crippen MR) is 80.3 cm³/mol. The minimum absolute atomic E-state index is 0.132. The highest BCUT2D eigenvalue weighted by Gasteiger charge is 2.10. The summed E-state index contributed by atoms with van der Waals surface area (Å²) >= 11 is 3.36. The van der Waals surface area contributed by atoms with Gasteiger partial charge in [0.2, 0.25) is 0 Å². The first-order chi connectivity index (χ1) is 9.69.